The SMILES string of the molecule is Cc1cccnc1C.Cc1ccncc1.Cc1ncccc1C(c1ccccc1)c1ccccc1. The Morgan fingerprint density at radius 1 is 0.486 bits per heavy atom. The van der Waals surface area contributed by atoms with Crippen LogP contribution >= 0.6 is 0 Å². The second-order valence-corrected chi connectivity index (χ2v) is 8.36. The molecule has 0 saturated carbocycles. The summed E-state index contributed by atoms with van der Waals surface area (Å²) in [4.78, 5) is 12.4. The Morgan fingerprint density at radius 3 is 1.40 bits per heavy atom. The third-order valence-corrected chi connectivity index (χ3v) is 5.74. The van der Waals surface area contributed by atoms with Crippen molar-refractivity contribution in [2.75, 3.05) is 0 Å². The molecule has 3 nitrogen and oxygen atoms in total. The van der Waals surface area contributed by atoms with Crippen LogP contribution in [0.15, 0.2) is 122 Å². The van der Waals surface area contributed by atoms with E-state index in [0.29, 0.717) is 0 Å². The molecule has 0 atom stereocenters. The lowest BCUT2D eigenvalue weighted by Gasteiger charge is -2.20. The van der Waals surface area contributed by atoms with Gasteiger partial charge in [-0.1, -0.05) is 72.8 Å². The van der Waals surface area contributed by atoms with E-state index in [-0.39, 0.29) is 5.92 Å². The number of nitrogens with zero attached hydrogens (tertiary/aromatic N) is 3. The molecule has 0 amide bonds. The van der Waals surface area contributed by atoms with E-state index < -0.39 is 0 Å². The molecule has 0 saturated heterocycles. The molecule has 0 unspecified atom stereocenters. The van der Waals surface area contributed by atoms with Gasteiger partial charge in [0.1, 0.15) is 0 Å². The first-order valence-electron chi connectivity index (χ1n) is 11.8. The second kappa shape index (κ2) is 13.6. The van der Waals surface area contributed by atoms with Crippen LogP contribution in [0.2, 0.25) is 0 Å². The Hall–Kier alpha value is -4.11. The number of hydrogen-bond acceptors (Lipinski definition) is 3. The van der Waals surface area contributed by atoms with E-state index in [9.17, 15) is 0 Å². The van der Waals surface area contributed by atoms with E-state index in [4.69, 9.17) is 0 Å². The summed E-state index contributed by atoms with van der Waals surface area (Å²) in [5.41, 5.74) is 8.59. The van der Waals surface area contributed by atoms with Crippen molar-refractivity contribution in [2.45, 2.75) is 33.6 Å². The third kappa shape index (κ3) is 8.01. The summed E-state index contributed by atoms with van der Waals surface area (Å²) in [7, 11) is 0. The van der Waals surface area contributed by atoms with Gasteiger partial charge in [0.25, 0.3) is 0 Å². The van der Waals surface area contributed by atoms with E-state index >= 15 is 0 Å². The lowest BCUT2D eigenvalue weighted by atomic mass is 9.84. The first-order valence-corrected chi connectivity index (χ1v) is 11.8. The number of pyridine rings is 3. The van der Waals surface area contributed by atoms with Crippen molar-refractivity contribution >= 4 is 0 Å². The van der Waals surface area contributed by atoms with Crippen molar-refractivity contribution in [3.63, 3.8) is 0 Å². The van der Waals surface area contributed by atoms with Crippen LogP contribution < -0.4 is 0 Å². The van der Waals surface area contributed by atoms with Crippen LogP contribution in [0.4, 0.5) is 0 Å². The minimum Gasteiger partial charge on any atom is -0.265 e. The lowest BCUT2D eigenvalue weighted by molar-refractivity contribution is 0.939. The molecular weight excluding hydrogens is 426 g/mol. The van der Waals surface area contributed by atoms with Gasteiger partial charge in [0, 0.05) is 42.1 Å². The molecule has 176 valence electrons. The minimum atomic E-state index is 0.242. The molecule has 3 aromatic heterocycles. The lowest BCUT2D eigenvalue weighted by Crippen LogP contribution is -2.06. The van der Waals surface area contributed by atoms with E-state index in [0.717, 1.165) is 11.4 Å². The van der Waals surface area contributed by atoms with E-state index in [1.165, 1.54) is 27.8 Å². The highest BCUT2D eigenvalue weighted by molar-refractivity contribution is 5.44. The van der Waals surface area contributed by atoms with Crippen molar-refractivity contribution in [1.82, 2.24) is 15.0 Å². The van der Waals surface area contributed by atoms with Crippen LogP contribution in [0.1, 0.15) is 45.1 Å². The average molecular weight is 460 g/mol. The molecule has 0 bridgehead atoms. The van der Waals surface area contributed by atoms with Crippen molar-refractivity contribution in [3.05, 3.63) is 161 Å². The zero-order chi connectivity index (χ0) is 24.9. The third-order valence-electron chi connectivity index (χ3n) is 5.74. The molecular formula is C32H33N3. The largest absolute Gasteiger partial charge is 0.265 e. The zero-order valence-electron chi connectivity index (χ0n) is 21.0. The van der Waals surface area contributed by atoms with Crippen molar-refractivity contribution in [2.24, 2.45) is 0 Å². The van der Waals surface area contributed by atoms with Gasteiger partial charge in [0.05, 0.1) is 0 Å². The van der Waals surface area contributed by atoms with Crippen LogP contribution in [0, 0.1) is 27.7 Å². The highest BCUT2D eigenvalue weighted by Gasteiger charge is 2.18. The minimum absolute atomic E-state index is 0.242. The quantitative estimate of drug-likeness (QED) is 0.278. The molecule has 0 spiro atoms. The Balaban J connectivity index is 0.000000186. The van der Waals surface area contributed by atoms with Gasteiger partial charge in [-0.05, 0) is 79.8 Å². The molecule has 0 N–H and O–H groups in total. The Bertz CT molecular complexity index is 1210. The predicted molar refractivity (Wildman–Crippen MR) is 145 cm³/mol. The first kappa shape index (κ1) is 25.5. The van der Waals surface area contributed by atoms with Gasteiger partial charge in [-0.2, -0.15) is 0 Å². The molecule has 35 heavy (non-hydrogen) atoms. The van der Waals surface area contributed by atoms with Gasteiger partial charge in [0.2, 0.25) is 0 Å². The smallest absolute Gasteiger partial charge is 0.0414 e. The van der Waals surface area contributed by atoms with Crippen molar-refractivity contribution in [1.29, 1.82) is 0 Å². The van der Waals surface area contributed by atoms with Gasteiger partial charge < -0.3 is 0 Å². The zero-order valence-corrected chi connectivity index (χ0v) is 21.0. The fourth-order valence-electron chi connectivity index (χ4n) is 3.64. The summed E-state index contributed by atoms with van der Waals surface area (Å²) < 4.78 is 0. The van der Waals surface area contributed by atoms with Crippen LogP contribution in [0.3, 0.4) is 0 Å². The number of benzene rings is 2. The fourth-order valence-corrected chi connectivity index (χ4v) is 3.64. The monoisotopic (exact) mass is 459 g/mol. The summed E-state index contributed by atoms with van der Waals surface area (Å²) in [5.74, 6) is 0.242. The maximum atomic E-state index is 4.45. The van der Waals surface area contributed by atoms with Gasteiger partial charge in [-0.15, -0.1) is 0 Å². The maximum absolute atomic E-state index is 4.45. The summed E-state index contributed by atoms with van der Waals surface area (Å²) in [6.07, 6.45) is 7.24. The summed E-state index contributed by atoms with van der Waals surface area (Å²) in [5, 5.41) is 0. The van der Waals surface area contributed by atoms with Gasteiger partial charge in [-0.25, -0.2) is 0 Å². The Kier molecular flexibility index (Phi) is 9.89. The average Bonchev–Trinajstić information content (AvgIpc) is 2.90. The topological polar surface area (TPSA) is 38.7 Å². The van der Waals surface area contributed by atoms with Crippen molar-refractivity contribution in [3.8, 4) is 0 Å². The highest BCUT2D eigenvalue weighted by atomic mass is 14.7. The van der Waals surface area contributed by atoms with Gasteiger partial charge in [0.15, 0.2) is 0 Å². The molecule has 0 radical (unpaired) electrons. The van der Waals surface area contributed by atoms with E-state index in [1.54, 1.807) is 12.4 Å². The highest BCUT2D eigenvalue weighted by Crippen LogP contribution is 2.32. The van der Waals surface area contributed by atoms with Crippen LogP contribution in [-0.2, 0) is 0 Å². The number of hydrogen-bond donors (Lipinski definition) is 0. The molecule has 5 aromatic rings. The Morgan fingerprint density at radius 2 is 1.00 bits per heavy atom. The number of aryl methyl sites for hydroxylation is 4. The molecule has 3 heterocycles. The van der Waals surface area contributed by atoms with Gasteiger partial charge in [-0.3, -0.25) is 15.0 Å². The van der Waals surface area contributed by atoms with Crippen molar-refractivity contribution < 1.29 is 0 Å². The molecule has 5 rings (SSSR count). The maximum Gasteiger partial charge on any atom is 0.0414 e. The molecule has 2 aromatic carbocycles. The first-order chi connectivity index (χ1) is 17.1. The summed E-state index contributed by atoms with van der Waals surface area (Å²) >= 11 is 0. The normalized spacial score (nSPS) is 9.97. The molecule has 0 aliphatic rings. The second-order valence-electron chi connectivity index (χ2n) is 8.36. The van der Waals surface area contributed by atoms with E-state index in [2.05, 4.69) is 102 Å². The summed E-state index contributed by atoms with van der Waals surface area (Å²) in [6.45, 7) is 8.19. The van der Waals surface area contributed by atoms with Crippen LogP contribution in [0.5, 0.6) is 0 Å². The molecule has 0 fully saturated rings. The van der Waals surface area contributed by atoms with E-state index in [1.807, 2.05) is 50.5 Å². The standard InChI is InChI=1S/C19H17N.C7H9N.C6H7N/c1-15-18(13-8-14-20-15)19(16-9-4-2-5-10-16)17-11-6-3-7-12-17;1-6-4-3-5-8-7(6)2;1-6-2-4-7-5-3-6/h2-14,19H,1H3;3-5H,1-2H3;2-5H,1H3. The number of rotatable bonds is 3. The summed E-state index contributed by atoms with van der Waals surface area (Å²) in [6, 6.07) is 33.4. The molecule has 0 aliphatic carbocycles. The Labute approximate surface area is 209 Å². The number of aromatic nitrogens is 3. The van der Waals surface area contributed by atoms with Crippen LogP contribution in [-0.4, -0.2) is 15.0 Å². The molecule has 0 aliphatic heterocycles. The molecule has 3 heteroatoms. The van der Waals surface area contributed by atoms with Gasteiger partial charge >= 0.3 is 0 Å². The predicted octanol–water partition coefficient (Wildman–Crippen LogP) is 7.66. The van der Waals surface area contributed by atoms with Crippen LogP contribution in [0.25, 0.3) is 0 Å². The fraction of sp³-hybridized carbons (Fsp3) is 0.156.